The lowest BCUT2D eigenvalue weighted by Crippen LogP contribution is -2.09. The van der Waals surface area contributed by atoms with Gasteiger partial charge in [-0.1, -0.05) is 19.1 Å². The maximum atomic E-state index is 9.35. The highest BCUT2D eigenvalue weighted by Gasteiger charge is 2.32. The molecule has 31 heavy (non-hydrogen) atoms. The van der Waals surface area contributed by atoms with Crippen LogP contribution in [0.5, 0.6) is 11.5 Å². The van der Waals surface area contributed by atoms with Gasteiger partial charge in [-0.25, -0.2) is 4.98 Å². The van der Waals surface area contributed by atoms with Crippen LogP contribution in [0.3, 0.4) is 0 Å². The Kier molecular flexibility index (Phi) is 6.15. The molecule has 1 aliphatic rings. The standard InChI is InChI=1S/C25H26N4O2/c1-4-22-16(2)10-23(17(3)28-22)31-21-8-9-27-25(13-21)29-20-7-5-6-18(12-20)11-19(14-26)24-15-30-24/h5-10,12-13,19,24H,4,11,15H2,1-3H3,(H,27,29). The minimum Gasteiger partial charge on any atom is -0.455 e. The van der Waals surface area contributed by atoms with Gasteiger partial charge in [-0.05, 0) is 62.1 Å². The largest absolute Gasteiger partial charge is 0.455 e. The summed E-state index contributed by atoms with van der Waals surface area (Å²) in [6, 6.07) is 16.1. The van der Waals surface area contributed by atoms with E-state index in [-0.39, 0.29) is 12.0 Å². The van der Waals surface area contributed by atoms with Crippen LogP contribution in [0.1, 0.15) is 29.4 Å². The lowest BCUT2D eigenvalue weighted by molar-refractivity contribution is 0.363. The van der Waals surface area contributed by atoms with Gasteiger partial charge < -0.3 is 14.8 Å². The Morgan fingerprint density at radius 2 is 2.10 bits per heavy atom. The lowest BCUT2D eigenvalue weighted by Gasteiger charge is -2.13. The van der Waals surface area contributed by atoms with Crippen LogP contribution in [0.25, 0.3) is 0 Å². The molecule has 4 rings (SSSR count). The Hall–Kier alpha value is -3.43. The first kappa shape index (κ1) is 20.8. The number of nitriles is 1. The van der Waals surface area contributed by atoms with E-state index < -0.39 is 0 Å². The van der Waals surface area contributed by atoms with Crippen LogP contribution in [-0.4, -0.2) is 22.7 Å². The molecule has 0 bridgehead atoms. The normalized spacial score (nSPS) is 15.7. The molecule has 0 amide bonds. The summed E-state index contributed by atoms with van der Waals surface area (Å²) in [7, 11) is 0. The minimum atomic E-state index is -0.107. The van der Waals surface area contributed by atoms with E-state index in [1.165, 1.54) is 0 Å². The third kappa shape index (κ3) is 5.19. The fraction of sp³-hybridized carbons (Fsp3) is 0.320. The van der Waals surface area contributed by atoms with E-state index in [0.717, 1.165) is 40.4 Å². The molecular formula is C25H26N4O2. The van der Waals surface area contributed by atoms with Crippen LogP contribution < -0.4 is 10.1 Å². The number of nitrogens with one attached hydrogen (secondary N) is 1. The van der Waals surface area contributed by atoms with Crippen molar-refractivity contribution in [1.82, 2.24) is 9.97 Å². The molecule has 3 heterocycles. The van der Waals surface area contributed by atoms with Gasteiger partial charge in [0.05, 0.1) is 30.4 Å². The van der Waals surface area contributed by atoms with Crippen LogP contribution in [0, 0.1) is 31.1 Å². The van der Waals surface area contributed by atoms with Crippen molar-refractivity contribution in [2.75, 3.05) is 11.9 Å². The zero-order valence-electron chi connectivity index (χ0n) is 18.1. The highest BCUT2D eigenvalue weighted by atomic mass is 16.6. The monoisotopic (exact) mass is 414 g/mol. The molecule has 0 spiro atoms. The van der Waals surface area contributed by atoms with Crippen molar-refractivity contribution in [1.29, 1.82) is 5.26 Å². The van der Waals surface area contributed by atoms with Gasteiger partial charge in [0.15, 0.2) is 0 Å². The Labute approximate surface area is 182 Å². The number of benzene rings is 1. The molecule has 1 fully saturated rings. The van der Waals surface area contributed by atoms with Gasteiger partial charge in [0.2, 0.25) is 0 Å². The third-order valence-corrected chi connectivity index (χ3v) is 5.38. The molecule has 6 nitrogen and oxygen atoms in total. The number of hydrogen-bond donors (Lipinski definition) is 1. The van der Waals surface area contributed by atoms with E-state index in [0.29, 0.717) is 24.6 Å². The molecule has 2 unspecified atom stereocenters. The van der Waals surface area contributed by atoms with Crippen LogP contribution in [-0.2, 0) is 17.6 Å². The summed E-state index contributed by atoms with van der Waals surface area (Å²) in [5, 5.41) is 12.7. The molecular weight excluding hydrogens is 388 g/mol. The van der Waals surface area contributed by atoms with Gasteiger partial charge in [0.1, 0.15) is 17.3 Å². The molecule has 1 aromatic carbocycles. The summed E-state index contributed by atoms with van der Waals surface area (Å²) in [6.07, 6.45) is 3.36. The summed E-state index contributed by atoms with van der Waals surface area (Å²) in [5.41, 5.74) is 5.09. The van der Waals surface area contributed by atoms with Crippen molar-refractivity contribution < 1.29 is 9.47 Å². The van der Waals surface area contributed by atoms with Gasteiger partial charge in [-0.15, -0.1) is 0 Å². The Balaban J connectivity index is 1.47. The molecule has 3 aromatic rings. The number of anilines is 2. The van der Waals surface area contributed by atoms with Gasteiger partial charge in [0, 0.05) is 23.6 Å². The molecule has 0 aliphatic carbocycles. The van der Waals surface area contributed by atoms with Crippen molar-refractivity contribution in [2.45, 2.75) is 39.7 Å². The van der Waals surface area contributed by atoms with Crippen LogP contribution >= 0.6 is 0 Å². The van der Waals surface area contributed by atoms with Crippen LogP contribution in [0.15, 0.2) is 48.7 Å². The quantitative estimate of drug-likeness (QED) is 0.505. The molecule has 1 aliphatic heterocycles. The summed E-state index contributed by atoms with van der Waals surface area (Å²) in [6.45, 7) is 6.80. The SMILES string of the molecule is CCc1nc(C)c(Oc2ccnc(Nc3cccc(CC(C#N)C4CO4)c3)c2)cc1C. The Bertz CT molecular complexity index is 1120. The van der Waals surface area contributed by atoms with Crippen LogP contribution in [0.4, 0.5) is 11.5 Å². The second-order valence-corrected chi connectivity index (χ2v) is 7.80. The number of rotatable bonds is 8. The number of pyridine rings is 2. The molecule has 2 atom stereocenters. The molecule has 158 valence electrons. The zero-order chi connectivity index (χ0) is 21.8. The second kappa shape index (κ2) is 9.15. The Morgan fingerprint density at radius 1 is 1.26 bits per heavy atom. The molecule has 1 saturated heterocycles. The highest BCUT2D eigenvalue weighted by Crippen LogP contribution is 2.29. The summed E-state index contributed by atoms with van der Waals surface area (Å²) in [5.74, 6) is 2.02. The summed E-state index contributed by atoms with van der Waals surface area (Å²) in [4.78, 5) is 9.06. The maximum Gasteiger partial charge on any atom is 0.148 e. The highest BCUT2D eigenvalue weighted by molar-refractivity contribution is 5.58. The van der Waals surface area contributed by atoms with Crippen molar-refractivity contribution >= 4 is 11.5 Å². The number of ether oxygens (including phenoxy) is 2. The zero-order valence-corrected chi connectivity index (χ0v) is 18.1. The predicted octanol–water partition coefficient (Wildman–Crippen LogP) is 5.27. The van der Waals surface area contributed by atoms with Gasteiger partial charge in [-0.3, -0.25) is 4.98 Å². The summed E-state index contributed by atoms with van der Waals surface area (Å²) < 4.78 is 11.4. The van der Waals surface area contributed by atoms with Crippen molar-refractivity contribution in [3.05, 3.63) is 71.2 Å². The van der Waals surface area contributed by atoms with Crippen molar-refractivity contribution in [2.24, 2.45) is 5.92 Å². The van der Waals surface area contributed by atoms with Gasteiger partial charge in [-0.2, -0.15) is 5.26 Å². The predicted molar refractivity (Wildman–Crippen MR) is 120 cm³/mol. The second-order valence-electron chi connectivity index (χ2n) is 7.80. The van der Waals surface area contributed by atoms with E-state index in [1.54, 1.807) is 6.20 Å². The molecule has 1 N–H and O–H groups in total. The Morgan fingerprint density at radius 3 is 2.84 bits per heavy atom. The average molecular weight is 415 g/mol. The van der Waals surface area contributed by atoms with E-state index >= 15 is 0 Å². The first-order chi connectivity index (χ1) is 15.1. The molecule has 6 heteroatoms. The first-order valence-electron chi connectivity index (χ1n) is 10.5. The van der Waals surface area contributed by atoms with E-state index in [1.807, 2.05) is 49.4 Å². The maximum absolute atomic E-state index is 9.35. The smallest absolute Gasteiger partial charge is 0.148 e. The van der Waals surface area contributed by atoms with E-state index in [4.69, 9.17) is 9.47 Å². The van der Waals surface area contributed by atoms with Crippen LogP contribution in [0.2, 0.25) is 0 Å². The number of aromatic nitrogens is 2. The number of aryl methyl sites for hydroxylation is 3. The number of epoxide rings is 1. The fourth-order valence-corrected chi connectivity index (χ4v) is 3.59. The van der Waals surface area contributed by atoms with Gasteiger partial charge >= 0.3 is 0 Å². The van der Waals surface area contributed by atoms with Crippen molar-refractivity contribution in [3.63, 3.8) is 0 Å². The lowest BCUT2D eigenvalue weighted by atomic mass is 9.97. The first-order valence-corrected chi connectivity index (χ1v) is 10.5. The fourth-order valence-electron chi connectivity index (χ4n) is 3.59. The van der Waals surface area contributed by atoms with Crippen molar-refractivity contribution in [3.8, 4) is 17.6 Å². The topological polar surface area (TPSA) is 83.4 Å². The number of nitrogens with zero attached hydrogens (tertiary/aromatic N) is 3. The third-order valence-electron chi connectivity index (χ3n) is 5.38. The van der Waals surface area contributed by atoms with Gasteiger partial charge in [0.25, 0.3) is 0 Å². The number of hydrogen-bond acceptors (Lipinski definition) is 6. The minimum absolute atomic E-state index is 0.0742. The summed E-state index contributed by atoms with van der Waals surface area (Å²) >= 11 is 0. The average Bonchev–Trinajstić information content (AvgIpc) is 3.60. The van der Waals surface area contributed by atoms with E-state index in [9.17, 15) is 5.26 Å². The molecule has 0 saturated carbocycles. The molecule has 2 aromatic heterocycles. The molecule has 0 radical (unpaired) electrons. The van der Waals surface area contributed by atoms with E-state index in [2.05, 4.69) is 35.2 Å².